The quantitative estimate of drug-likeness (QED) is 0.834. The minimum absolute atomic E-state index is 0.867. The lowest BCUT2D eigenvalue weighted by Gasteiger charge is -2.29. The van der Waals surface area contributed by atoms with Crippen molar-refractivity contribution in [1.82, 2.24) is 9.88 Å². The van der Waals surface area contributed by atoms with Gasteiger partial charge in [-0.05, 0) is 19.1 Å². The van der Waals surface area contributed by atoms with E-state index in [1.807, 2.05) is 26.8 Å². The smallest absolute Gasteiger partial charge is 0.128 e. The molecule has 0 amide bonds. The SMILES string of the molecule is CC.Cc1cccc(N(C)CCN2CCOCC2)n1. The first kappa shape index (κ1) is 15.9. The van der Waals surface area contributed by atoms with E-state index >= 15 is 0 Å². The molecule has 1 aromatic heterocycles. The Hall–Kier alpha value is -1.13. The minimum atomic E-state index is 0.867. The fourth-order valence-corrected chi connectivity index (χ4v) is 1.97. The molecule has 108 valence electrons. The van der Waals surface area contributed by atoms with Gasteiger partial charge in [-0.15, -0.1) is 0 Å². The summed E-state index contributed by atoms with van der Waals surface area (Å²) in [5.41, 5.74) is 1.07. The molecule has 4 heteroatoms. The molecule has 19 heavy (non-hydrogen) atoms. The van der Waals surface area contributed by atoms with Crippen molar-refractivity contribution in [3.8, 4) is 0 Å². The van der Waals surface area contributed by atoms with Gasteiger partial charge >= 0.3 is 0 Å². The zero-order valence-electron chi connectivity index (χ0n) is 12.7. The third kappa shape index (κ3) is 5.57. The molecular formula is C15H27N3O. The van der Waals surface area contributed by atoms with E-state index in [1.165, 1.54) is 0 Å². The number of hydrogen-bond donors (Lipinski definition) is 0. The van der Waals surface area contributed by atoms with Gasteiger partial charge < -0.3 is 9.64 Å². The molecule has 0 radical (unpaired) electrons. The van der Waals surface area contributed by atoms with E-state index in [9.17, 15) is 0 Å². The molecule has 0 unspecified atom stereocenters. The zero-order valence-corrected chi connectivity index (χ0v) is 12.7. The highest BCUT2D eigenvalue weighted by Gasteiger charge is 2.11. The molecule has 1 aromatic rings. The number of aryl methyl sites for hydroxylation is 1. The van der Waals surface area contributed by atoms with Crippen molar-refractivity contribution in [2.45, 2.75) is 20.8 Å². The van der Waals surface area contributed by atoms with Gasteiger partial charge in [0.25, 0.3) is 0 Å². The Kier molecular flexibility index (Phi) is 7.45. The maximum atomic E-state index is 5.34. The number of ether oxygens (including phenoxy) is 1. The predicted molar refractivity (Wildman–Crippen MR) is 80.9 cm³/mol. The van der Waals surface area contributed by atoms with Gasteiger partial charge in [0.05, 0.1) is 13.2 Å². The zero-order chi connectivity index (χ0) is 14.1. The highest BCUT2D eigenvalue weighted by Crippen LogP contribution is 2.09. The van der Waals surface area contributed by atoms with Crippen molar-refractivity contribution in [2.75, 3.05) is 51.3 Å². The molecule has 2 heterocycles. The monoisotopic (exact) mass is 265 g/mol. The van der Waals surface area contributed by atoms with Crippen molar-refractivity contribution in [3.63, 3.8) is 0 Å². The van der Waals surface area contributed by atoms with E-state index < -0.39 is 0 Å². The van der Waals surface area contributed by atoms with Gasteiger partial charge in [-0.2, -0.15) is 0 Å². The van der Waals surface area contributed by atoms with Crippen LogP contribution in [0.25, 0.3) is 0 Å². The second kappa shape index (κ2) is 8.88. The van der Waals surface area contributed by atoms with Gasteiger partial charge in [-0.3, -0.25) is 4.90 Å². The summed E-state index contributed by atoms with van der Waals surface area (Å²) in [7, 11) is 2.10. The normalized spacial score (nSPS) is 15.6. The van der Waals surface area contributed by atoms with Crippen molar-refractivity contribution < 1.29 is 4.74 Å². The van der Waals surface area contributed by atoms with Crippen molar-refractivity contribution >= 4 is 5.82 Å². The van der Waals surface area contributed by atoms with E-state index in [-0.39, 0.29) is 0 Å². The van der Waals surface area contributed by atoms with Crippen molar-refractivity contribution in [1.29, 1.82) is 0 Å². The summed E-state index contributed by atoms with van der Waals surface area (Å²) in [6.45, 7) is 12.0. The fourth-order valence-electron chi connectivity index (χ4n) is 1.97. The van der Waals surface area contributed by atoms with Crippen molar-refractivity contribution in [3.05, 3.63) is 23.9 Å². The summed E-state index contributed by atoms with van der Waals surface area (Å²) in [6.07, 6.45) is 0. The highest BCUT2D eigenvalue weighted by molar-refractivity contribution is 5.37. The van der Waals surface area contributed by atoms with Crippen LogP contribution in [0, 0.1) is 6.92 Å². The largest absolute Gasteiger partial charge is 0.379 e. The molecule has 0 aromatic carbocycles. The van der Waals surface area contributed by atoms with Crippen LogP contribution in [-0.2, 0) is 4.74 Å². The lowest BCUT2D eigenvalue weighted by atomic mass is 10.3. The number of aromatic nitrogens is 1. The Morgan fingerprint density at radius 2 is 1.95 bits per heavy atom. The van der Waals surface area contributed by atoms with E-state index in [4.69, 9.17) is 4.74 Å². The molecule has 0 saturated carbocycles. The average molecular weight is 265 g/mol. The second-order valence-electron chi connectivity index (χ2n) is 4.51. The Morgan fingerprint density at radius 3 is 2.58 bits per heavy atom. The van der Waals surface area contributed by atoms with Gasteiger partial charge in [-0.1, -0.05) is 19.9 Å². The number of anilines is 1. The van der Waals surface area contributed by atoms with Crippen LogP contribution in [0.15, 0.2) is 18.2 Å². The molecule has 1 saturated heterocycles. The van der Waals surface area contributed by atoms with Gasteiger partial charge in [0.2, 0.25) is 0 Å². The van der Waals surface area contributed by atoms with Crippen LogP contribution < -0.4 is 4.90 Å². The predicted octanol–water partition coefficient (Wildman–Crippen LogP) is 2.18. The van der Waals surface area contributed by atoms with Gasteiger partial charge in [0, 0.05) is 38.9 Å². The van der Waals surface area contributed by atoms with Crippen LogP contribution in [-0.4, -0.2) is 56.3 Å². The fraction of sp³-hybridized carbons (Fsp3) is 0.667. The number of nitrogens with zero attached hydrogens (tertiary/aromatic N) is 3. The summed E-state index contributed by atoms with van der Waals surface area (Å²) >= 11 is 0. The van der Waals surface area contributed by atoms with Crippen LogP contribution >= 0.6 is 0 Å². The maximum absolute atomic E-state index is 5.34. The van der Waals surface area contributed by atoms with E-state index in [0.29, 0.717) is 0 Å². The first-order valence-electron chi connectivity index (χ1n) is 7.20. The summed E-state index contributed by atoms with van der Waals surface area (Å²) in [6, 6.07) is 6.15. The lowest BCUT2D eigenvalue weighted by molar-refractivity contribution is 0.0393. The van der Waals surface area contributed by atoms with Gasteiger partial charge in [0.15, 0.2) is 0 Å². The number of rotatable bonds is 4. The van der Waals surface area contributed by atoms with Crippen LogP contribution in [0.3, 0.4) is 0 Å². The Balaban J connectivity index is 0.000000861. The molecule has 1 aliphatic rings. The Labute approximate surface area is 117 Å². The Bertz CT molecular complexity index is 351. The van der Waals surface area contributed by atoms with Crippen molar-refractivity contribution in [2.24, 2.45) is 0 Å². The standard InChI is InChI=1S/C13H21N3O.C2H6/c1-12-4-3-5-13(14-12)15(2)6-7-16-8-10-17-11-9-16;1-2/h3-5H,6-11H2,1-2H3;1-2H3. The van der Waals surface area contributed by atoms with Gasteiger partial charge in [0.1, 0.15) is 5.82 Å². The highest BCUT2D eigenvalue weighted by atomic mass is 16.5. The molecule has 0 N–H and O–H groups in total. The van der Waals surface area contributed by atoms with Crippen LogP contribution in [0.5, 0.6) is 0 Å². The molecule has 0 aliphatic carbocycles. The number of morpholine rings is 1. The van der Waals surface area contributed by atoms with E-state index in [0.717, 1.165) is 50.9 Å². The Morgan fingerprint density at radius 1 is 1.26 bits per heavy atom. The maximum Gasteiger partial charge on any atom is 0.128 e. The molecule has 4 nitrogen and oxygen atoms in total. The first-order chi connectivity index (χ1) is 9.25. The summed E-state index contributed by atoms with van der Waals surface area (Å²) in [5.74, 6) is 1.05. The minimum Gasteiger partial charge on any atom is -0.379 e. The molecule has 0 spiro atoms. The molecule has 1 aliphatic heterocycles. The molecular weight excluding hydrogens is 238 g/mol. The summed E-state index contributed by atoms with van der Waals surface area (Å²) in [4.78, 5) is 9.17. The third-order valence-corrected chi connectivity index (χ3v) is 3.12. The van der Waals surface area contributed by atoms with E-state index in [1.54, 1.807) is 0 Å². The average Bonchev–Trinajstić information content (AvgIpc) is 2.48. The van der Waals surface area contributed by atoms with Crippen LogP contribution in [0.2, 0.25) is 0 Å². The van der Waals surface area contributed by atoms with E-state index in [2.05, 4.69) is 34.0 Å². The van der Waals surface area contributed by atoms with Crippen LogP contribution in [0.1, 0.15) is 19.5 Å². The number of hydrogen-bond acceptors (Lipinski definition) is 4. The van der Waals surface area contributed by atoms with Gasteiger partial charge in [-0.25, -0.2) is 4.98 Å². The molecule has 1 fully saturated rings. The molecule has 2 rings (SSSR count). The lowest BCUT2D eigenvalue weighted by Crippen LogP contribution is -2.40. The molecule has 0 atom stereocenters. The number of likely N-dealkylation sites (N-methyl/N-ethyl adjacent to an activating group) is 1. The topological polar surface area (TPSA) is 28.6 Å². The molecule has 0 bridgehead atoms. The second-order valence-corrected chi connectivity index (χ2v) is 4.51. The summed E-state index contributed by atoms with van der Waals surface area (Å²) < 4.78 is 5.34. The number of pyridine rings is 1. The third-order valence-electron chi connectivity index (χ3n) is 3.12. The summed E-state index contributed by atoms with van der Waals surface area (Å²) in [5, 5.41) is 0. The first-order valence-corrected chi connectivity index (χ1v) is 7.20. The van der Waals surface area contributed by atoms with Crippen LogP contribution in [0.4, 0.5) is 5.82 Å².